The second kappa shape index (κ2) is 5.50. The van der Waals surface area contributed by atoms with E-state index in [1.165, 1.54) is 0 Å². The van der Waals surface area contributed by atoms with Crippen LogP contribution in [-0.2, 0) is 4.79 Å². The topological polar surface area (TPSA) is 43.8 Å². The number of piperazine rings is 1. The number of hydrogen-bond acceptors (Lipinski definition) is 3. The minimum absolute atomic E-state index is 0.0440. The molecule has 0 spiro atoms. The van der Waals surface area contributed by atoms with Crippen LogP contribution in [0.1, 0.15) is 12.0 Å². The van der Waals surface area contributed by atoms with E-state index in [9.17, 15) is 4.79 Å². The van der Waals surface area contributed by atoms with Crippen LogP contribution in [0.2, 0.25) is 0 Å². The summed E-state index contributed by atoms with van der Waals surface area (Å²) in [6, 6.07) is 7.72. The Kier molecular flexibility index (Phi) is 3.99. The molecule has 1 aromatic rings. The lowest BCUT2D eigenvalue weighted by atomic mass is 10.1. The van der Waals surface area contributed by atoms with Gasteiger partial charge in [-0.05, 0) is 32.0 Å². The van der Waals surface area contributed by atoms with Crippen molar-refractivity contribution in [1.29, 1.82) is 0 Å². The fourth-order valence-electron chi connectivity index (χ4n) is 2.46. The summed E-state index contributed by atoms with van der Waals surface area (Å²) in [4.78, 5) is 16.3. The minimum atomic E-state index is -0.205. The third-order valence-electron chi connectivity index (χ3n) is 3.57. The van der Waals surface area contributed by atoms with Crippen LogP contribution in [0, 0.1) is 6.92 Å². The van der Waals surface area contributed by atoms with Gasteiger partial charge < -0.3 is 10.0 Å². The second-order valence-electron chi connectivity index (χ2n) is 4.79. The van der Waals surface area contributed by atoms with E-state index in [0.29, 0.717) is 13.0 Å². The van der Waals surface area contributed by atoms with Gasteiger partial charge in [-0.15, -0.1) is 0 Å². The Bertz CT molecular complexity index is 434. The number of hydrogen-bond donors (Lipinski definition) is 1. The number of anilines is 1. The number of aryl methyl sites for hydroxylation is 1. The summed E-state index contributed by atoms with van der Waals surface area (Å²) in [5, 5.41) is 9.07. The molecule has 1 atom stereocenters. The highest BCUT2D eigenvalue weighted by molar-refractivity contribution is 5.98. The summed E-state index contributed by atoms with van der Waals surface area (Å²) in [6.07, 6.45) is 0.498. The molecule has 0 saturated carbocycles. The third kappa shape index (κ3) is 2.40. The summed E-state index contributed by atoms with van der Waals surface area (Å²) < 4.78 is 0. The number of nitrogens with zero attached hydrogens (tertiary/aromatic N) is 2. The van der Waals surface area contributed by atoms with E-state index in [4.69, 9.17) is 5.11 Å². The minimum Gasteiger partial charge on any atom is -0.396 e. The summed E-state index contributed by atoms with van der Waals surface area (Å²) in [5.74, 6) is 0.0899. The molecular formula is C14H20N2O2. The van der Waals surface area contributed by atoms with Gasteiger partial charge in [0.25, 0.3) is 0 Å². The highest BCUT2D eigenvalue weighted by Crippen LogP contribution is 2.24. The molecule has 2 rings (SSSR count). The maximum absolute atomic E-state index is 12.5. The first-order valence-corrected chi connectivity index (χ1v) is 6.33. The predicted molar refractivity (Wildman–Crippen MR) is 71.7 cm³/mol. The van der Waals surface area contributed by atoms with Crippen LogP contribution >= 0.6 is 0 Å². The van der Waals surface area contributed by atoms with Crippen molar-refractivity contribution in [3.05, 3.63) is 29.8 Å². The highest BCUT2D eigenvalue weighted by Gasteiger charge is 2.33. The molecule has 1 saturated heterocycles. The van der Waals surface area contributed by atoms with Gasteiger partial charge >= 0.3 is 0 Å². The smallest absolute Gasteiger partial charge is 0.244 e. The Hall–Kier alpha value is -1.39. The van der Waals surface area contributed by atoms with Gasteiger partial charge in [-0.2, -0.15) is 0 Å². The van der Waals surface area contributed by atoms with Gasteiger partial charge in [-0.25, -0.2) is 0 Å². The van der Waals surface area contributed by atoms with Crippen LogP contribution in [0.3, 0.4) is 0 Å². The number of rotatable bonds is 3. The van der Waals surface area contributed by atoms with Gasteiger partial charge in [-0.3, -0.25) is 9.69 Å². The Labute approximate surface area is 108 Å². The molecule has 1 unspecified atom stereocenters. The van der Waals surface area contributed by atoms with Gasteiger partial charge in [0, 0.05) is 25.4 Å². The molecule has 1 fully saturated rings. The number of benzene rings is 1. The fourth-order valence-corrected chi connectivity index (χ4v) is 2.46. The van der Waals surface area contributed by atoms with E-state index < -0.39 is 0 Å². The zero-order valence-corrected chi connectivity index (χ0v) is 11.0. The fraction of sp³-hybridized carbons (Fsp3) is 0.500. The Morgan fingerprint density at radius 1 is 1.33 bits per heavy atom. The molecule has 1 aromatic carbocycles. The van der Waals surface area contributed by atoms with Crippen molar-refractivity contribution in [3.63, 3.8) is 0 Å². The molecule has 4 nitrogen and oxygen atoms in total. The number of aliphatic hydroxyl groups excluding tert-OH is 1. The molecule has 1 heterocycles. The number of carbonyl (C=O) groups is 1. The Morgan fingerprint density at radius 3 is 2.72 bits per heavy atom. The van der Waals surface area contributed by atoms with Crippen LogP contribution in [0.4, 0.5) is 5.69 Å². The molecule has 0 aliphatic carbocycles. The number of amides is 1. The van der Waals surface area contributed by atoms with Gasteiger partial charge in [-0.1, -0.05) is 18.2 Å². The van der Waals surface area contributed by atoms with Crippen LogP contribution in [-0.4, -0.2) is 48.7 Å². The maximum Gasteiger partial charge on any atom is 0.244 e. The number of carbonyl (C=O) groups excluding carboxylic acids is 1. The van der Waals surface area contributed by atoms with Crippen LogP contribution in [0.25, 0.3) is 0 Å². The van der Waals surface area contributed by atoms with Crippen molar-refractivity contribution < 1.29 is 9.90 Å². The summed E-state index contributed by atoms with van der Waals surface area (Å²) in [7, 11) is 1.94. The van der Waals surface area contributed by atoms with Crippen molar-refractivity contribution >= 4 is 11.6 Å². The van der Waals surface area contributed by atoms with Gasteiger partial charge in [0.15, 0.2) is 0 Å². The van der Waals surface area contributed by atoms with Crippen molar-refractivity contribution in [2.24, 2.45) is 0 Å². The first-order valence-electron chi connectivity index (χ1n) is 6.33. The molecule has 4 heteroatoms. The van der Waals surface area contributed by atoms with Crippen molar-refractivity contribution in [2.45, 2.75) is 19.4 Å². The predicted octanol–water partition coefficient (Wildman–Crippen LogP) is 1.02. The summed E-state index contributed by atoms with van der Waals surface area (Å²) in [5.41, 5.74) is 2.09. The lowest BCUT2D eigenvalue weighted by Crippen LogP contribution is -2.56. The van der Waals surface area contributed by atoms with Crippen molar-refractivity contribution in [2.75, 3.05) is 31.6 Å². The van der Waals surface area contributed by atoms with E-state index in [1.54, 1.807) is 0 Å². The highest BCUT2D eigenvalue weighted by atomic mass is 16.3. The molecular weight excluding hydrogens is 228 g/mol. The first-order chi connectivity index (χ1) is 8.65. The lowest BCUT2D eigenvalue weighted by Gasteiger charge is -2.39. The third-order valence-corrected chi connectivity index (χ3v) is 3.57. The zero-order chi connectivity index (χ0) is 13.1. The quantitative estimate of drug-likeness (QED) is 0.868. The zero-order valence-electron chi connectivity index (χ0n) is 11.0. The van der Waals surface area contributed by atoms with Crippen LogP contribution in [0.5, 0.6) is 0 Å². The first kappa shape index (κ1) is 13.1. The number of aliphatic hydroxyl groups is 1. The average molecular weight is 248 g/mol. The van der Waals surface area contributed by atoms with E-state index in [-0.39, 0.29) is 18.6 Å². The van der Waals surface area contributed by atoms with Crippen LogP contribution in [0.15, 0.2) is 24.3 Å². The Balaban J connectivity index is 2.25. The maximum atomic E-state index is 12.5. The molecule has 18 heavy (non-hydrogen) atoms. The summed E-state index contributed by atoms with van der Waals surface area (Å²) >= 11 is 0. The van der Waals surface area contributed by atoms with E-state index in [2.05, 4.69) is 0 Å². The van der Waals surface area contributed by atoms with Crippen molar-refractivity contribution in [1.82, 2.24) is 4.90 Å². The normalized spacial score (nSPS) is 21.4. The van der Waals surface area contributed by atoms with Gasteiger partial charge in [0.1, 0.15) is 0 Å². The molecule has 1 aliphatic heterocycles. The van der Waals surface area contributed by atoms with E-state index in [1.807, 2.05) is 48.0 Å². The standard InChI is InChI=1S/C14H20N2O2/c1-11-5-3-4-6-12(11)16-9-8-15(2)13(7-10-17)14(16)18/h3-6,13,17H,7-10H2,1-2H3. The van der Waals surface area contributed by atoms with Gasteiger partial charge in [0.2, 0.25) is 5.91 Å². The molecule has 1 N–H and O–H groups in total. The molecule has 1 aliphatic rings. The monoisotopic (exact) mass is 248 g/mol. The second-order valence-corrected chi connectivity index (χ2v) is 4.79. The largest absolute Gasteiger partial charge is 0.396 e. The molecule has 0 radical (unpaired) electrons. The number of para-hydroxylation sites is 1. The van der Waals surface area contributed by atoms with Crippen molar-refractivity contribution in [3.8, 4) is 0 Å². The SMILES string of the molecule is Cc1ccccc1N1CCN(C)C(CCO)C1=O. The van der Waals surface area contributed by atoms with Gasteiger partial charge in [0.05, 0.1) is 6.04 Å². The number of likely N-dealkylation sites (N-methyl/N-ethyl adjacent to an activating group) is 1. The average Bonchev–Trinajstić information content (AvgIpc) is 2.36. The lowest BCUT2D eigenvalue weighted by molar-refractivity contribution is -0.125. The summed E-state index contributed by atoms with van der Waals surface area (Å²) in [6.45, 7) is 3.61. The molecule has 1 amide bonds. The van der Waals surface area contributed by atoms with E-state index >= 15 is 0 Å². The van der Waals surface area contributed by atoms with E-state index in [0.717, 1.165) is 17.8 Å². The Morgan fingerprint density at radius 2 is 2.06 bits per heavy atom. The van der Waals surface area contributed by atoms with Crippen LogP contribution < -0.4 is 4.90 Å². The molecule has 98 valence electrons. The molecule has 0 aromatic heterocycles. The molecule has 0 bridgehead atoms.